The molecule has 1 rings (SSSR count). The van der Waals surface area contributed by atoms with Crippen LogP contribution in [0.5, 0.6) is 0 Å². The Morgan fingerprint density at radius 1 is 1.23 bits per heavy atom. The number of allylic oxidation sites excluding steroid dienone is 1. The number of likely N-dealkylation sites (N-methyl/N-ethyl adjacent to an activating group) is 1. The number of carbonyl (C=O) groups excluding carboxylic acids is 2. The molecule has 0 bridgehead atoms. The fourth-order valence-corrected chi connectivity index (χ4v) is 3.81. The summed E-state index contributed by atoms with van der Waals surface area (Å²) in [5.74, 6) is 0.226. The molecule has 0 aromatic rings. The maximum atomic E-state index is 13.1. The lowest BCUT2D eigenvalue weighted by molar-refractivity contribution is -0.129. The first-order valence-electron chi connectivity index (χ1n) is 9.94. The van der Waals surface area contributed by atoms with E-state index in [9.17, 15) is 9.59 Å². The smallest absolute Gasteiger partial charge is 0.167 e. The van der Waals surface area contributed by atoms with Gasteiger partial charge < -0.3 is 10.2 Å². The Kier molecular flexibility index (Phi) is 8.64. The third kappa shape index (κ3) is 6.60. The molecular formula is C21H39N3O2. The third-order valence-electron chi connectivity index (χ3n) is 5.15. The molecule has 1 aliphatic rings. The molecule has 2 atom stereocenters. The normalized spacial score (nSPS) is 30.1. The first-order valence-corrected chi connectivity index (χ1v) is 9.94. The summed E-state index contributed by atoms with van der Waals surface area (Å²) in [6, 6.07) is 0.201. The molecule has 0 aromatic carbocycles. The number of rotatable bonds is 4. The van der Waals surface area contributed by atoms with Crippen molar-refractivity contribution in [3.8, 4) is 0 Å². The van der Waals surface area contributed by atoms with E-state index < -0.39 is 11.1 Å². The summed E-state index contributed by atoms with van der Waals surface area (Å²) in [4.78, 5) is 28.1. The molecule has 5 heteroatoms. The summed E-state index contributed by atoms with van der Waals surface area (Å²) in [5, 5.41) is 6.77. The summed E-state index contributed by atoms with van der Waals surface area (Å²) >= 11 is 0. The lowest BCUT2D eigenvalue weighted by Crippen LogP contribution is -2.62. The summed E-state index contributed by atoms with van der Waals surface area (Å²) in [7, 11) is 2.04. The van der Waals surface area contributed by atoms with Crippen molar-refractivity contribution in [2.75, 3.05) is 26.7 Å². The minimum Gasteiger partial charge on any atom is -0.302 e. The first-order chi connectivity index (χ1) is 12.0. The zero-order chi connectivity index (χ0) is 20.0. The van der Waals surface area contributed by atoms with E-state index in [2.05, 4.69) is 41.5 Å². The third-order valence-corrected chi connectivity index (χ3v) is 5.15. The van der Waals surface area contributed by atoms with Crippen LogP contribution in [0.2, 0.25) is 0 Å². The van der Waals surface area contributed by atoms with E-state index >= 15 is 0 Å². The van der Waals surface area contributed by atoms with E-state index in [0.29, 0.717) is 6.54 Å². The van der Waals surface area contributed by atoms with Gasteiger partial charge in [0.25, 0.3) is 0 Å². The van der Waals surface area contributed by atoms with Crippen LogP contribution in [-0.4, -0.2) is 60.3 Å². The highest BCUT2D eigenvalue weighted by Gasteiger charge is 2.38. The molecule has 0 unspecified atom stereocenters. The maximum absolute atomic E-state index is 13.1. The van der Waals surface area contributed by atoms with E-state index in [1.54, 1.807) is 0 Å². The van der Waals surface area contributed by atoms with Gasteiger partial charge in [0.1, 0.15) is 0 Å². The highest BCUT2D eigenvalue weighted by molar-refractivity contribution is 5.93. The quantitative estimate of drug-likeness (QED) is 0.750. The summed E-state index contributed by atoms with van der Waals surface area (Å²) in [6.07, 6.45) is 6.96. The predicted octanol–water partition coefficient (Wildman–Crippen LogP) is 2.56. The first kappa shape index (κ1) is 23.0. The van der Waals surface area contributed by atoms with Crippen molar-refractivity contribution in [3.05, 3.63) is 12.2 Å². The molecule has 0 saturated heterocycles. The highest BCUT2D eigenvalue weighted by atomic mass is 16.1. The Morgan fingerprint density at radius 3 is 2.46 bits per heavy atom. The van der Waals surface area contributed by atoms with Crippen LogP contribution in [0.15, 0.2) is 12.2 Å². The topological polar surface area (TPSA) is 61.4 Å². The number of nitrogens with zero attached hydrogens (tertiary/aromatic N) is 1. The summed E-state index contributed by atoms with van der Waals surface area (Å²) in [5.41, 5.74) is -1.31. The number of ketones is 2. The van der Waals surface area contributed by atoms with Gasteiger partial charge in [-0.3, -0.25) is 14.9 Å². The van der Waals surface area contributed by atoms with Crippen LogP contribution in [0.25, 0.3) is 0 Å². The van der Waals surface area contributed by atoms with E-state index in [-0.39, 0.29) is 30.1 Å². The van der Waals surface area contributed by atoms with Crippen molar-refractivity contribution in [1.82, 2.24) is 15.5 Å². The van der Waals surface area contributed by atoms with Crippen LogP contribution in [-0.2, 0) is 9.59 Å². The molecule has 0 aliphatic carbocycles. The van der Waals surface area contributed by atoms with Gasteiger partial charge in [-0.1, -0.05) is 26.0 Å². The molecule has 0 fully saturated rings. The number of hydrogen-bond donors (Lipinski definition) is 2. The van der Waals surface area contributed by atoms with Gasteiger partial charge in [0.15, 0.2) is 11.6 Å². The van der Waals surface area contributed by atoms with E-state index in [0.717, 1.165) is 25.8 Å². The van der Waals surface area contributed by atoms with Crippen LogP contribution in [0.4, 0.5) is 0 Å². The Morgan fingerprint density at radius 2 is 1.88 bits per heavy atom. The second-order valence-corrected chi connectivity index (χ2v) is 8.82. The fourth-order valence-electron chi connectivity index (χ4n) is 3.81. The SMILES string of the molecule is CC(C)N[C@@]1(C)CN(C)CC=CCCC[C@@](C)(C(=O)C(C)C)NCC1=O. The molecule has 0 saturated carbocycles. The number of Topliss-reactive ketones (excluding diaryl/α,β-unsaturated/α-hetero) is 2. The van der Waals surface area contributed by atoms with Gasteiger partial charge in [-0.2, -0.15) is 0 Å². The molecule has 26 heavy (non-hydrogen) atoms. The molecule has 1 aliphatic heterocycles. The standard InChI is InChI=1S/C21H39N3O2/c1-16(2)19(26)20(5)12-10-8-9-11-13-24(7)15-21(6,23-17(3)4)18(25)14-22-20/h9,11,16-17,22-23H,8,10,12-15H2,1-7H3/t20-,21-/m0/s1. The van der Waals surface area contributed by atoms with Crippen LogP contribution in [0.3, 0.4) is 0 Å². The lowest BCUT2D eigenvalue weighted by Gasteiger charge is -2.37. The van der Waals surface area contributed by atoms with Gasteiger partial charge in [-0.05, 0) is 54.0 Å². The second kappa shape index (κ2) is 9.77. The Labute approximate surface area is 160 Å². The van der Waals surface area contributed by atoms with Crippen molar-refractivity contribution < 1.29 is 9.59 Å². The number of carbonyl (C=O) groups is 2. The zero-order valence-electron chi connectivity index (χ0n) is 17.8. The van der Waals surface area contributed by atoms with Gasteiger partial charge in [-0.15, -0.1) is 0 Å². The Bertz CT molecular complexity index is 515. The molecule has 0 amide bonds. The molecule has 1 heterocycles. The number of hydrogen-bond acceptors (Lipinski definition) is 5. The van der Waals surface area contributed by atoms with Crippen molar-refractivity contribution in [2.45, 2.75) is 77.9 Å². The minimum atomic E-state index is -0.656. The van der Waals surface area contributed by atoms with Gasteiger partial charge in [0.05, 0.1) is 17.6 Å². The van der Waals surface area contributed by atoms with Crippen LogP contribution >= 0.6 is 0 Å². The fraction of sp³-hybridized carbons (Fsp3) is 0.810. The minimum absolute atomic E-state index is 0.0554. The van der Waals surface area contributed by atoms with Gasteiger partial charge in [0, 0.05) is 25.0 Å². The van der Waals surface area contributed by atoms with Gasteiger partial charge in [0.2, 0.25) is 0 Å². The summed E-state index contributed by atoms with van der Waals surface area (Å²) in [6.45, 7) is 13.5. The van der Waals surface area contributed by atoms with Crippen molar-refractivity contribution in [2.24, 2.45) is 5.92 Å². The van der Waals surface area contributed by atoms with Gasteiger partial charge in [-0.25, -0.2) is 0 Å². The molecule has 0 radical (unpaired) electrons. The Balaban J connectivity index is 3.09. The van der Waals surface area contributed by atoms with Crippen molar-refractivity contribution in [1.29, 1.82) is 0 Å². The second-order valence-electron chi connectivity index (χ2n) is 8.82. The lowest BCUT2D eigenvalue weighted by atomic mass is 9.84. The Hall–Kier alpha value is -1.04. The van der Waals surface area contributed by atoms with Crippen molar-refractivity contribution in [3.63, 3.8) is 0 Å². The average molecular weight is 366 g/mol. The molecule has 150 valence electrons. The van der Waals surface area contributed by atoms with Crippen molar-refractivity contribution >= 4 is 11.6 Å². The van der Waals surface area contributed by atoms with E-state index in [1.165, 1.54) is 0 Å². The van der Waals surface area contributed by atoms with Crippen LogP contribution in [0.1, 0.15) is 60.8 Å². The molecule has 2 N–H and O–H groups in total. The largest absolute Gasteiger partial charge is 0.302 e. The van der Waals surface area contributed by atoms with Crippen LogP contribution in [0, 0.1) is 5.92 Å². The molecule has 0 spiro atoms. The van der Waals surface area contributed by atoms with E-state index in [4.69, 9.17) is 0 Å². The maximum Gasteiger partial charge on any atom is 0.167 e. The van der Waals surface area contributed by atoms with Crippen LogP contribution < -0.4 is 10.6 Å². The average Bonchev–Trinajstić information content (AvgIpc) is 2.53. The zero-order valence-corrected chi connectivity index (χ0v) is 17.8. The number of nitrogens with one attached hydrogen (secondary N) is 2. The molecule has 5 nitrogen and oxygen atoms in total. The predicted molar refractivity (Wildman–Crippen MR) is 108 cm³/mol. The summed E-state index contributed by atoms with van der Waals surface area (Å²) < 4.78 is 0. The highest BCUT2D eigenvalue weighted by Crippen LogP contribution is 2.21. The molecule has 0 aromatic heterocycles. The molecular weight excluding hydrogens is 326 g/mol. The van der Waals surface area contributed by atoms with E-state index in [1.807, 2.05) is 34.7 Å². The monoisotopic (exact) mass is 365 g/mol. The van der Waals surface area contributed by atoms with Gasteiger partial charge >= 0.3 is 0 Å².